The Morgan fingerprint density at radius 2 is 2.18 bits per heavy atom. The normalized spacial score (nSPS) is 29.9. The van der Waals surface area contributed by atoms with E-state index >= 15 is 0 Å². The molecule has 1 N–H and O–H groups in total. The third-order valence-corrected chi connectivity index (χ3v) is 4.16. The van der Waals surface area contributed by atoms with Crippen molar-refractivity contribution >= 4 is 15.8 Å². The first-order chi connectivity index (χ1) is 4.99. The maximum atomic E-state index is 11.0. The number of carboxylic acid groups (broad SMARTS) is 1. The minimum Gasteiger partial charge on any atom is -0.481 e. The maximum Gasteiger partial charge on any atom is 0.307 e. The molecule has 1 aliphatic rings. The lowest BCUT2D eigenvalue weighted by Crippen LogP contribution is -2.14. The summed E-state index contributed by atoms with van der Waals surface area (Å²) in [6, 6.07) is 0. The summed E-state index contributed by atoms with van der Waals surface area (Å²) in [6.45, 7) is 1.53. The molecule has 1 aliphatic carbocycles. The van der Waals surface area contributed by atoms with E-state index in [4.69, 9.17) is 5.11 Å². The van der Waals surface area contributed by atoms with Crippen LogP contribution in [0.25, 0.3) is 0 Å². The van der Waals surface area contributed by atoms with E-state index in [1.807, 2.05) is 0 Å². The average Bonchev–Trinajstić information content (AvgIpc) is 2.65. The molecule has 0 unspecified atom stereocenters. The molecule has 0 radical (unpaired) electrons. The van der Waals surface area contributed by atoms with E-state index in [0.717, 1.165) is 0 Å². The molecule has 0 bridgehead atoms. The fraction of sp³-hybridized carbons (Fsp3) is 0.833. The van der Waals surface area contributed by atoms with Crippen molar-refractivity contribution in [3.8, 4) is 0 Å². The van der Waals surface area contributed by atoms with Gasteiger partial charge in [0.15, 0.2) is 9.84 Å². The van der Waals surface area contributed by atoms with Crippen LogP contribution in [0.2, 0.25) is 0 Å². The summed E-state index contributed by atoms with van der Waals surface area (Å²) < 4.78 is 22.0. The molecular formula is C6H10O4S. The monoisotopic (exact) mass is 178 g/mol. The summed E-state index contributed by atoms with van der Waals surface area (Å²) in [6.07, 6.45) is 0.297. The van der Waals surface area contributed by atoms with Crippen molar-refractivity contribution in [3.63, 3.8) is 0 Å². The van der Waals surface area contributed by atoms with E-state index in [1.54, 1.807) is 0 Å². The van der Waals surface area contributed by atoms with Crippen LogP contribution in [0.15, 0.2) is 0 Å². The predicted octanol–water partition coefficient (Wildman–Crippen LogP) is -0.106. The van der Waals surface area contributed by atoms with Gasteiger partial charge in [0.05, 0.1) is 11.2 Å². The zero-order chi connectivity index (χ0) is 8.65. The Labute approximate surface area is 65.1 Å². The summed E-state index contributed by atoms with van der Waals surface area (Å²) in [7, 11) is -3.10. The Bertz CT molecular complexity index is 266. The summed E-state index contributed by atoms with van der Waals surface area (Å²) >= 11 is 0. The van der Waals surface area contributed by atoms with Crippen molar-refractivity contribution in [2.45, 2.75) is 18.6 Å². The fourth-order valence-electron chi connectivity index (χ4n) is 1.04. The van der Waals surface area contributed by atoms with E-state index in [0.29, 0.717) is 6.42 Å². The van der Waals surface area contributed by atoms with Gasteiger partial charge in [0.2, 0.25) is 0 Å². The molecule has 64 valence electrons. The van der Waals surface area contributed by atoms with E-state index in [1.165, 1.54) is 6.92 Å². The van der Waals surface area contributed by atoms with Gasteiger partial charge in [-0.15, -0.1) is 0 Å². The first-order valence-electron chi connectivity index (χ1n) is 3.43. The molecule has 1 rings (SSSR count). The molecule has 0 spiro atoms. The molecule has 0 aromatic carbocycles. The topological polar surface area (TPSA) is 71.4 Å². The number of sulfone groups is 1. The highest BCUT2D eigenvalue weighted by atomic mass is 32.2. The largest absolute Gasteiger partial charge is 0.481 e. The summed E-state index contributed by atoms with van der Waals surface area (Å²) in [5.41, 5.74) is 0. The van der Waals surface area contributed by atoms with Crippen LogP contribution in [0.4, 0.5) is 0 Å². The maximum absolute atomic E-state index is 11.0. The second-order valence-corrected chi connectivity index (χ2v) is 5.18. The van der Waals surface area contributed by atoms with Crippen LogP contribution in [0.1, 0.15) is 13.3 Å². The summed E-state index contributed by atoms with van der Waals surface area (Å²) in [5.74, 6) is -1.59. The highest BCUT2D eigenvalue weighted by molar-refractivity contribution is 7.92. The molecule has 1 fully saturated rings. The SMILES string of the molecule is CCS(=O)(=O)[C@@H]1C[C@@H]1C(=O)O. The molecule has 0 amide bonds. The Balaban J connectivity index is 2.64. The molecule has 0 saturated heterocycles. The molecule has 0 aromatic heterocycles. The quantitative estimate of drug-likeness (QED) is 0.654. The van der Waals surface area contributed by atoms with E-state index in [9.17, 15) is 13.2 Å². The van der Waals surface area contributed by atoms with Gasteiger partial charge in [0.25, 0.3) is 0 Å². The smallest absolute Gasteiger partial charge is 0.307 e. The van der Waals surface area contributed by atoms with Crippen LogP contribution in [-0.2, 0) is 14.6 Å². The van der Waals surface area contributed by atoms with Gasteiger partial charge in [0, 0.05) is 5.75 Å². The molecule has 0 aromatic rings. The first-order valence-corrected chi connectivity index (χ1v) is 5.15. The van der Waals surface area contributed by atoms with Gasteiger partial charge in [-0.3, -0.25) is 4.79 Å². The number of carbonyl (C=O) groups is 1. The van der Waals surface area contributed by atoms with Crippen molar-refractivity contribution in [1.82, 2.24) is 0 Å². The minimum atomic E-state index is -3.10. The van der Waals surface area contributed by atoms with E-state index in [-0.39, 0.29) is 5.75 Å². The summed E-state index contributed by atoms with van der Waals surface area (Å²) in [4.78, 5) is 10.3. The number of hydrogen-bond acceptors (Lipinski definition) is 3. The van der Waals surface area contributed by atoms with Gasteiger partial charge < -0.3 is 5.11 Å². The van der Waals surface area contributed by atoms with Gasteiger partial charge in [0.1, 0.15) is 0 Å². The Hall–Kier alpha value is -0.580. The van der Waals surface area contributed by atoms with Gasteiger partial charge >= 0.3 is 5.97 Å². The number of hydrogen-bond donors (Lipinski definition) is 1. The Morgan fingerprint density at radius 1 is 1.64 bits per heavy atom. The number of carboxylic acids is 1. The second-order valence-electron chi connectivity index (χ2n) is 2.67. The van der Waals surface area contributed by atoms with Crippen molar-refractivity contribution in [2.75, 3.05) is 5.75 Å². The average molecular weight is 178 g/mol. The van der Waals surface area contributed by atoms with E-state index < -0.39 is 27.0 Å². The fourth-order valence-corrected chi connectivity index (χ4v) is 2.59. The third-order valence-electron chi connectivity index (χ3n) is 1.91. The lowest BCUT2D eigenvalue weighted by atomic mass is 10.4. The lowest BCUT2D eigenvalue weighted by molar-refractivity contribution is -0.138. The highest BCUT2D eigenvalue weighted by Crippen LogP contribution is 2.37. The van der Waals surface area contributed by atoms with Gasteiger partial charge in [-0.2, -0.15) is 0 Å². The van der Waals surface area contributed by atoms with Crippen molar-refractivity contribution < 1.29 is 18.3 Å². The zero-order valence-electron chi connectivity index (χ0n) is 6.15. The van der Waals surface area contributed by atoms with Crippen LogP contribution in [0, 0.1) is 5.92 Å². The van der Waals surface area contributed by atoms with Gasteiger partial charge in [-0.05, 0) is 6.42 Å². The molecule has 5 heteroatoms. The predicted molar refractivity (Wildman–Crippen MR) is 39.0 cm³/mol. The molecule has 1 saturated carbocycles. The van der Waals surface area contributed by atoms with Crippen molar-refractivity contribution in [1.29, 1.82) is 0 Å². The number of aliphatic carboxylic acids is 1. The minimum absolute atomic E-state index is 0.0431. The molecule has 0 aliphatic heterocycles. The molecular weight excluding hydrogens is 168 g/mol. The Kier molecular flexibility index (Phi) is 1.92. The highest BCUT2D eigenvalue weighted by Gasteiger charge is 2.50. The van der Waals surface area contributed by atoms with Crippen LogP contribution >= 0.6 is 0 Å². The molecule has 11 heavy (non-hydrogen) atoms. The second kappa shape index (κ2) is 2.48. The van der Waals surface area contributed by atoms with Crippen molar-refractivity contribution in [3.05, 3.63) is 0 Å². The van der Waals surface area contributed by atoms with Crippen LogP contribution in [-0.4, -0.2) is 30.5 Å². The molecule has 2 atom stereocenters. The van der Waals surface area contributed by atoms with Gasteiger partial charge in [-0.1, -0.05) is 6.92 Å². The van der Waals surface area contributed by atoms with Crippen molar-refractivity contribution in [2.24, 2.45) is 5.92 Å². The standard InChI is InChI=1S/C6H10O4S/c1-2-11(9,10)5-3-4(5)6(7)8/h4-5H,2-3H2,1H3,(H,7,8)/t4-,5+/m0/s1. The number of rotatable bonds is 3. The molecule has 4 nitrogen and oxygen atoms in total. The zero-order valence-corrected chi connectivity index (χ0v) is 6.97. The Morgan fingerprint density at radius 3 is 2.45 bits per heavy atom. The summed E-state index contributed by atoms with van der Waals surface area (Å²) in [5, 5.41) is 7.81. The van der Waals surface area contributed by atoms with Gasteiger partial charge in [-0.25, -0.2) is 8.42 Å². The third kappa shape index (κ3) is 1.53. The van der Waals surface area contributed by atoms with E-state index in [2.05, 4.69) is 0 Å². The van der Waals surface area contributed by atoms with Crippen LogP contribution < -0.4 is 0 Å². The first kappa shape index (κ1) is 8.52. The van der Waals surface area contributed by atoms with Crippen LogP contribution in [0.3, 0.4) is 0 Å². The lowest BCUT2D eigenvalue weighted by Gasteiger charge is -1.95. The molecule has 0 heterocycles. The van der Waals surface area contributed by atoms with Crippen LogP contribution in [0.5, 0.6) is 0 Å².